The Kier molecular flexibility index (Phi) is 3.80. The van der Waals surface area contributed by atoms with Gasteiger partial charge in [-0.15, -0.1) is 0 Å². The molecule has 22 heavy (non-hydrogen) atoms. The summed E-state index contributed by atoms with van der Waals surface area (Å²) >= 11 is 0. The van der Waals surface area contributed by atoms with Crippen molar-refractivity contribution in [3.05, 3.63) is 49.3 Å². The van der Waals surface area contributed by atoms with Crippen molar-refractivity contribution in [2.24, 2.45) is 0 Å². The lowest BCUT2D eigenvalue weighted by Gasteiger charge is -2.25. The second kappa shape index (κ2) is 5.30. The van der Waals surface area contributed by atoms with Gasteiger partial charge < -0.3 is 10.6 Å². The number of hydrogen-bond acceptors (Lipinski definition) is 5. The molecule has 2 aromatic carbocycles. The Bertz CT molecular complexity index is 845. The summed E-state index contributed by atoms with van der Waals surface area (Å²) in [5.41, 5.74) is 2.07. The molecule has 0 aliphatic carbocycles. The zero-order valence-electron chi connectivity index (χ0n) is 13.4. The minimum absolute atomic E-state index is 0.262. The van der Waals surface area contributed by atoms with Crippen LogP contribution in [0, 0.1) is 25.2 Å². The highest BCUT2D eigenvalue weighted by atomic mass is 16.2. The Morgan fingerprint density at radius 3 is 2.18 bits per heavy atom. The first-order valence-electron chi connectivity index (χ1n) is 7.04. The third-order valence-corrected chi connectivity index (χ3v) is 3.34. The largest absolute Gasteiger partial charge is 0.375 e. The van der Waals surface area contributed by atoms with Crippen molar-refractivity contribution in [3.8, 4) is 6.07 Å². The molecule has 0 heterocycles. The van der Waals surface area contributed by atoms with Crippen LogP contribution in [0.1, 0.15) is 37.5 Å². The molecule has 5 heteroatoms. The van der Waals surface area contributed by atoms with Gasteiger partial charge in [0.05, 0.1) is 11.6 Å². The Hall–Kier alpha value is -2.61. The van der Waals surface area contributed by atoms with Crippen LogP contribution in [0.4, 0.5) is 17.1 Å². The fourth-order valence-corrected chi connectivity index (χ4v) is 2.24. The van der Waals surface area contributed by atoms with Gasteiger partial charge in [0.1, 0.15) is 11.4 Å². The Morgan fingerprint density at radius 2 is 1.64 bits per heavy atom. The van der Waals surface area contributed by atoms with Gasteiger partial charge in [0.25, 0.3) is 10.9 Å². The van der Waals surface area contributed by atoms with E-state index in [4.69, 9.17) is 5.26 Å². The van der Waals surface area contributed by atoms with Gasteiger partial charge in [0.15, 0.2) is 0 Å². The maximum Gasteiger partial charge on any atom is 0.253 e. The number of rotatable bonds is 3. The number of aryl methyl sites for hydroxylation is 1. The fourth-order valence-electron chi connectivity index (χ4n) is 2.24. The lowest BCUT2D eigenvalue weighted by Crippen LogP contribution is -2.41. The maximum atomic E-state index is 11.8. The zero-order chi connectivity index (χ0) is 16.7. The number of hydrogen-bond donors (Lipinski definition) is 2. The second-order valence-corrected chi connectivity index (χ2v) is 6.51. The van der Waals surface area contributed by atoms with Gasteiger partial charge in [-0.25, -0.2) is 0 Å². The highest BCUT2D eigenvalue weighted by molar-refractivity contribution is 5.80. The van der Waals surface area contributed by atoms with Crippen LogP contribution in [0.25, 0.3) is 0 Å². The molecule has 0 aliphatic rings. The summed E-state index contributed by atoms with van der Waals surface area (Å²) in [6, 6.07) is 5.78. The van der Waals surface area contributed by atoms with Gasteiger partial charge in [-0.1, -0.05) is 0 Å². The minimum atomic E-state index is -0.536. The minimum Gasteiger partial charge on any atom is -0.375 e. The average Bonchev–Trinajstić information content (AvgIpc) is 2.44. The smallest absolute Gasteiger partial charge is 0.253 e. The summed E-state index contributed by atoms with van der Waals surface area (Å²) in [6.07, 6.45) is 0. The van der Waals surface area contributed by atoms with Crippen LogP contribution >= 0.6 is 0 Å². The highest BCUT2D eigenvalue weighted by Gasteiger charge is 2.25. The first-order valence-corrected chi connectivity index (χ1v) is 7.04. The Morgan fingerprint density at radius 1 is 1.05 bits per heavy atom. The van der Waals surface area contributed by atoms with E-state index in [1.807, 2.05) is 40.7 Å². The second-order valence-electron chi connectivity index (χ2n) is 6.51. The van der Waals surface area contributed by atoms with Crippen molar-refractivity contribution in [3.63, 3.8) is 0 Å². The van der Waals surface area contributed by atoms with Gasteiger partial charge in [-0.2, -0.15) is 5.26 Å². The predicted octanol–water partition coefficient (Wildman–Crippen LogP) is 2.73. The van der Waals surface area contributed by atoms with E-state index in [0.29, 0.717) is 16.9 Å². The first-order chi connectivity index (χ1) is 10.1. The molecule has 114 valence electrons. The van der Waals surface area contributed by atoms with Crippen molar-refractivity contribution in [1.82, 2.24) is 0 Å². The van der Waals surface area contributed by atoms with Gasteiger partial charge >= 0.3 is 0 Å². The van der Waals surface area contributed by atoms with E-state index in [0.717, 1.165) is 11.1 Å². The molecule has 0 fully saturated rings. The molecule has 0 saturated heterocycles. The third-order valence-electron chi connectivity index (χ3n) is 3.34. The number of nitriles is 1. The van der Waals surface area contributed by atoms with E-state index in [2.05, 4.69) is 16.7 Å². The van der Waals surface area contributed by atoms with Gasteiger partial charge in [0, 0.05) is 11.2 Å². The summed E-state index contributed by atoms with van der Waals surface area (Å²) in [5.74, 6) is 0. The normalized spacial score (nSPS) is 11.3. The van der Waals surface area contributed by atoms with Crippen LogP contribution in [0.5, 0.6) is 0 Å². The topological polar surface area (TPSA) is 82.0 Å². The van der Waals surface area contributed by atoms with Crippen LogP contribution < -0.4 is 21.5 Å². The summed E-state index contributed by atoms with van der Waals surface area (Å²) in [5, 5.41) is 15.2. The lowest BCUT2D eigenvalue weighted by molar-refractivity contribution is 0.632. The monoisotopic (exact) mass is 297 g/mol. The molecule has 5 nitrogen and oxygen atoms in total. The van der Waals surface area contributed by atoms with Crippen LogP contribution in [-0.4, -0.2) is 5.54 Å². The highest BCUT2D eigenvalue weighted by Crippen LogP contribution is 2.27. The average molecular weight is 297 g/mol. The summed E-state index contributed by atoms with van der Waals surface area (Å²) in [6.45, 7) is 9.43. The molecule has 0 unspecified atom stereocenters. The van der Waals surface area contributed by atoms with Crippen molar-refractivity contribution in [1.29, 1.82) is 5.26 Å². The van der Waals surface area contributed by atoms with Crippen LogP contribution in [0.15, 0.2) is 21.7 Å². The number of benzene rings is 1. The Balaban J connectivity index is 2.44. The van der Waals surface area contributed by atoms with Gasteiger partial charge in [-0.3, -0.25) is 9.59 Å². The summed E-state index contributed by atoms with van der Waals surface area (Å²) in [4.78, 5) is 23.6. The quantitative estimate of drug-likeness (QED) is 0.851. The van der Waals surface area contributed by atoms with Crippen LogP contribution in [-0.2, 0) is 0 Å². The molecule has 0 radical (unpaired) electrons. The predicted molar refractivity (Wildman–Crippen MR) is 88.6 cm³/mol. The number of nitrogens with one attached hydrogen (secondary N) is 2. The van der Waals surface area contributed by atoms with Crippen molar-refractivity contribution >= 4 is 17.1 Å². The SMILES string of the molecule is Cc1cc(C#N)c(C)c(Nc2c(NC(C)(C)C)c(=O)c2=O)c1. The molecule has 0 bridgehead atoms. The molecule has 2 N–H and O–H groups in total. The molecule has 2 rings (SSSR count). The summed E-state index contributed by atoms with van der Waals surface area (Å²) in [7, 11) is 0. The molecule has 0 aliphatic heterocycles. The molecule has 0 saturated carbocycles. The molecule has 0 spiro atoms. The molecule has 2 aromatic rings. The molecule has 0 atom stereocenters. The van der Waals surface area contributed by atoms with Crippen molar-refractivity contribution in [2.45, 2.75) is 40.2 Å². The van der Waals surface area contributed by atoms with E-state index in [1.165, 1.54) is 0 Å². The van der Waals surface area contributed by atoms with E-state index < -0.39 is 10.9 Å². The third kappa shape index (κ3) is 2.86. The van der Waals surface area contributed by atoms with Gasteiger partial charge in [0.2, 0.25) is 0 Å². The fraction of sp³-hybridized carbons (Fsp3) is 0.353. The van der Waals surface area contributed by atoms with E-state index in [-0.39, 0.29) is 11.2 Å². The lowest BCUT2D eigenvalue weighted by atomic mass is 10.0. The first kappa shape index (κ1) is 15.8. The van der Waals surface area contributed by atoms with E-state index in [1.54, 1.807) is 6.07 Å². The summed E-state index contributed by atoms with van der Waals surface area (Å²) < 4.78 is 0. The number of anilines is 3. The molecule has 0 amide bonds. The van der Waals surface area contributed by atoms with Gasteiger partial charge in [-0.05, 0) is 57.9 Å². The molecular formula is C17H19N3O2. The van der Waals surface area contributed by atoms with E-state index in [9.17, 15) is 9.59 Å². The molecular weight excluding hydrogens is 278 g/mol. The van der Waals surface area contributed by atoms with Crippen molar-refractivity contribution < 1.29 is 0 Å². The van der Waals surface area contributed by atoms with E-state index >= 15 is 0 Å². The molecule has 0 aromatic heterocycles. The standard InChI is InChI=1S/C17H19N3O2/c1-9-6-11(8-18)10(2)12(7-9)19-13-14(16(22)15(13)21)20-17(3,4)5/h6-7,19-20H,1-5H3. The van der Waals surface area contributed by atoms with Crippen LogP contribution in [0.2, 0.25) is 0 Å². The zero-order valence-corrected chi connectivity index (χ0v) is 13.4. The number of nitrogens with zero attached hydrogens (tertiary/aromatic N) is 1. The van der Waals surface area contributed by atoms with Crippen molar-refractivity contribution in [2.75, 3.05) is 10.6 Å². The Labute approximate surface area is 129 Å². The van der Waals surface area contributed by atoms with Crippen LogP contribution in [0.3, 0.4) is 0 Å². The maximum absolute atomic E-state index is 11.8.